The Bertz CT molecular complexity index is 639. The molecule has 4 nitrogen and oxygen atoms in total. The van der Waals surface area contributed by atoms with Crippen molar-refractivity contribution in [1.82, 2.24) is 4.57 Å². The molecule has 2 aromatic rings. The Morgan fingerprint density at radius 2 is 2.18 bits per heavy atom. The van der Waals surface area contributed by atoms with Gasteiger partial charge in [-0.1, -0.05) is 18.2 Å². The predicted molar refractivity (Wildman–Crippen MR) is 62.0 cm³/mol. The first-order valence-corrected chi connectivity index (χ1v) is 5.45. The van der Waals surface area contributed by atoms with E-state index in [0.717, 1.165) is 23.9 Å². The molecule has 0 saturated carbocycles. The highest BCUT2D eigenvalue weighted by Crippen LogP contribution is 2.30. The molecule has 1 aliphatic rings. The number of benzene rings is 1. The van der Waals surface area contributed by atoms with Crippen molar-refractivity contribution in [3.05, 3.63) is 35.5 Å². The summed E-state index contributed by atoms with van der Waals surface area (Å²) in [6.07, 6.45) is 2.74. The van der Waals surface area contributed by atoms with Crippen LogP contribution in [0.1, 0.15) is 15.9 Å². The lowest BCUT2D eigenvalue weighted by molar-refractivity contribution is -0.135. The number of hydrogen-bond acceptors (Lipinski definition) is 3. The number of aryl methyl sites for hydroxylation is 2. The molecule has 0 fully saturated rings. The topological polar surface area (TPSA) is 48.3 Å². The number of carbonyl (C=O) groups excluding carboxylic acids is 2. The molecule has 17 heavy (non-hydrogen) atoms. The molecular formula is C13H11NO3. The van der Waals surface area contributed by atoms with Gasteiger partial charge < -0.3 is 9.30 Å². The monoisotopic (exact) mass is 229 g/mol. The van der Waals surface area contributed by atoms with E-state index in [4.69, 9.17) is 0 Å². The summed E-state index contributed by atoms with van der Waals surface area (Å²) >= 11 is 0. The predicted octanol–water partition coefficient (Wildman–Crippen LogP) is 1.55. The Kier molecular flexibility index (Phi) is 2.04. The van der Waals surface area contributed by atoms with Crippen LogP contribution in [-0.4, -0.2) is 23.4 Å². The van der Waals surface area contributed by atoms with Crippen molar-refractivity contribution in [2.24, 2.45) is 0 Å². The molecule has 0 atom stereocenters. The summed E-state index contributed by atoms with van der Waals surface area (Å²) in [4.78, 5) is 23.1. The van der Waals surface area contributed by atoms with Gasteiger partial charge in [-0.3, -0.25) is 4.79 Å². The number of ether oxygens (including phenoxy) is 1. The third kappa shape index (κ3) is 1.30. The van der Waals surface area contributed by atoms with E-state index >= 15 is 0 Å². The van der Waals surface area contributed by atoms with E-state index in [2.05, 4.69) is 10.8 Å². The minimum absolute atomic E-state index is 0.438. The van der Waals surface area contributed by atoms with E-state index in [0.29, 0.717) is 5.56 Å². The van der Waals surface area contributed by atoms with E-state index in [-0.39, 0.29) is 0 Å². The highest BCUT2D eigenvalue weighted by atomic mass is 16.5. The molecule has 0 N–H and O–H groups in total. The van der Waals surface area contributed by atoms with Crippen LogP contribution in [0.4, 0.5) is 0 Å². The molecule has 0 unspecified atom stereocenters. The maximum atomic E-state index is 11.9. The van der Waals surface area contributed by atoms with Crippen LogP contribution in [-0.2, 0) is 22.5 Å². The van der Waals surface area contributed by atoms with E-state index in [9.17, 15) is 9.59 Å². The van der Waals surface area contributed by atoms with Crippen LogP contribution in [0, 0.1) is 0 Å². The van der Waals surface area contributed by atoms with Gasteiger partial charge in [-0.05, 0) is 12.0 Å². The molecular weight excluding hydrogens is 218 g/mol. The summed E-state index contributed by atoms with van der Waals surface area (Å²) < 4.78 is 6.50. The number of Topliss-reactive ketones (excluding diaryl/α,β-unsaturated/α-hetero) is 1. The second-order valence-electron chi connectivity index (χ2n) is 4.12. The number of ketones is 1. The normalized spacial score (nSPS) is 13.0. The SMILES string of the molecule is COC(=O)C(=O)c1cn2c3c(cccc13)CC2. The summed E-state index contributed by atoms with van der Waals surface area (Å²) in [5.41, 5.74) is 2.74. The molecule has 2 heterocycles. The highest BCUT2D eigenvalue weighted by Gasteiger charge is 2.25. The maximum Gasteiger partial charge on any atom is 0.379 e. The number of methoxy groups -OCH3 is 1. The van der Waals surface area contributed by atoms with Gasteiger partial charge in [0.15, 0.2) is 0 Å². The molecule has 0 bridgehead atoms. The average Bonchev–Trinajstić information content (AvgIpc) is 2.93. The molecule has 1 aliphatic heterocycles. The van der Waals surface area contributed by atoms with Crippen molar-refractivity contribution in [3.63, 3.8) is 0 Å². The third-order valence-corrected chi connectivity index (χ3v) is 3.22. The molecule has 0 amide bonds. The summed E-state index contributed by atoms with van der Waals surface area (Å²) in [5.74, 6) is -1.38. The molecule has 1 aromatic carbocycles. The average molecular weight is 229 g/mol. The lowest BCUT2D eigenvalue weighted by Crippen LogP contribution is -2.15. The summed E-state index contributed by atoms with van der Waals surface area (Å²) in [5, 5.41) is 0.843. The second-order valence-corrected chi connectivity index (χ2v) is 4.12. The fourth-order valence-corrected chi connectivity index (χ4v) is 2.44. The molecule has 0 radical (unpaired) electrons. The zero-order valence-electron chi connectivity index (χ0n) is 9.40. The van der Waals surface area contributed by atoms with E-state index in [1.165, 1.54) is 12.7 Å². The molecule has 0 saturated heterocycles. The Balaban J connectivity index is 2.23. The van der Waals surface area contributed by atoms with Crippen LogP contribution in [0.5, 0.6) is 0 Å². The number of carbonyl (C=O) groups is 2. The van der Waals surface area contributed by atoms with Gasteiger partial charge in [0.25, 0.3) is 5.78 Å². The number of esters is 1. The minimum atomic E-state index is -0.810. The Morgan fingerprint density at radius 3 is 2.94 bits per heavy atom. The summed E-state index contributed by atoms with van der Waals surface area (Å²) in [6, 6.07) is 5.84. The van der Waals surface area contributed by atoms with Crippen molar-refractivity contribution in [2.75, 3.05) is 7.11 Å². The van der Waals surface area contributed by atoms with Crippen LogP contribution in [0.3, 0.4) is 0 Å². The van der Waals surface area contributed by atoms with Crippen LogP contribution in [0.15, 0.2) is 24.4 Å². The maximum absolute atomic E-state index is 11.9. The molecule has 86 valence electrons. The van der Waals surface area contributed by atoms with E-state index in [1.807, 2.05) is 16.7 Å². The highest BCUT2D eigenvalue weighted by molar-refractivity contribution is 6.43. The van der Waals surface area contributed by atoms with Crippen LogP contribution in [0.25, 0.3) is 10.9 Å². The third-order valence-electron chi connectivity index (χ3n) is 3.22. The zero-order chi connectivity index (χ0) is 12.0. The smallest absolute Gasteiger partial charge is 0.379 e. The van der Waals surface area contributed by atoms with Gasteiger partial charge in [0, 0.05) is 18.1 Å². The number of para-hydroxylation sites is 1. The number of hydrogen-bond donors (Lipinski definition) is 0. The molecule has 3 rings (SSSR count). The standard InChI is InChI=1S/C13H11NO3/c1-17-13(16)12(15)10-7-14-6-5-8-3-2-4-9(10)11(8)14/h2-4,7H,5-6H2,1H3. The van der Waals surface area contributed by atoms with Crippen molar-refractivity contribution in [1.29, 1.82) is 0 Å². The summed E-state index contributed by atoms with van der Waals surface area (Å²) in [6.45, 7) is 0.865. The molecule has 4 heteroatoms. The van der Waals surface area contributed by atoms with Crippen LogP contribution < -0.4 is 0 Å². The van der Waals surface area contributed by atoms with Gasteiger partial charge in [0.05, 0.1) is 18.2 Å². The number of rotatable bonds is 2. The number of nitrogens with zero attached hydrogens (tertiary/aromatic N) is 1. The Hall–Kier alpha value is -2.10. The molecule has 0 spiro atoms. The van der Waals surface area contributed by atoms with Crippen molar-refractivity contribution < 1.29 is 14.3 Å². The molecule has 0 aliphatic carbocycles. The zero-order valence-corrected chi connectivity index (χ0v) is 9.40. The van der Waals surface area contributed by atoms with Crippen molar-refractivity contribution in [2.45, 2.75) is 13.0 Å². The van der Waals surface area contributed by atoms with Gasteiger partial charge in [-0.2, -0.15) is 0 Å². The molecule has 1 aromatic heterocycles. The first-order chi connectivity index (χ1) is 8.22. The fourth-order valence-electron chi connectivity index (χ4n) is 2.44. The minimum Gasteiger partial charge on any atom is -0.463 e. The second kappa shape index (κ2) is 3.45. The van der Waals surface area contributed by atoms with Gasteiger partial charge in [0.2, 0.25) is 0 Å². The van der Waals surface area contributed by atoms with Gasteiger partial charge in [-0.15, -0.1) is 0 Å². The van der Waals surface area contributed by atoms with Crippen molar-refractivity contribution >= 4 is 22.7 Å². The van der Waals surface area contributed by atoms with Gasteiger partial charge >= 0.3 is 5.97 Å². The van der Waals surface area contributed by atoms with Crippen LogP contribution >= 0.6 is 0 Å². The fraction of sp³-hybridized carbons (Fsp3) is 0.231. The Morgan fingerprint density at radius 1 is 1.35 bits per heavy atom. The van der Waals surface area contributed by atoms with E-state index < -0.39 is 11.8 Å². The van der Waals surface area contributed by atoms with E-state index in [1.54, 1.807) is 6.20 Å². The van der Waals surface area contributed by atoms with Gasteiger partial charge in [0.1, 0.15) is 0 Å². The largest absolute Gasteiger partial charge is 0.463 e. The van der Waals surface area contributed by atoms with Crippen LogP contribution in [0.2, 0.25) is 0 Å². The van der Waals surface area contributed by atoms with Crippen molar-refractivity contribution in [3.8, 4) is 0 Å². The summed E-state index contributed by atoms with van der Waals surface area (Å²) in [7, 11) is 1.22. The first-order valence-electron chi connectivity index (χ1n) is 5.45. The number of aromatic nitrogens is 1. The first kappa shape index (κ1) is 10.1. The lowest BCUT2D eigenvalue weighted by atomic mass is 10.1. The quantitative estimate of drug-likeness (QED) is 0.446. The van der Waals surface area contributed by atoms with Gasteiger partial charge in [-0.25, -0.2) is 4.79 Å². The Labute approximate surface area is 97.8 Å². The lowest BCUT2D eigenvalue weighted by Gasteiger charge is -1.98.